The van der Waals surface area contributed by atoms with Crippen molar-refractivity contribution in [1.82, 2.24) is 25.1 Å². The average molecular weight is 720 g/mol. The van der Waals surface area contributed by atoms with Crippen molar-refractivity contribution in [3.05, 3.63) is 32.7 Å². The molecular weight excluding hydrogens is 667 g/mol. The molecule has 2 saturated heterocycles. The van der Waals surface area contributed by atoms with Crippen molar-refractivity contribution in [1.29, 1.82) is 0 Å². The van der Waals surface area contributed by atoms with Crippen molar-refractivity contribution in [3.63, 3.8) is 0 Å². The lowest BCUT2D eigenvalue weighted by molar-refractivity contribution is -0.149. The van der Waals surface area contributed by atoms with Crippen LogP contribution in [0.4, 0.5) is 0 Å². The van der Waals surface area contributed by atoms with Crippen molar-refractivity contribution < 1.29 is 23.9 Å². The molecule has 0 bridgehead atoms. The molecule has 2 aliphatic heterocycles. The van der Waals surface area contributed by atoms with Crippen LogP contribution in [0.25, 0.3) is 0 Å². The number of nitrogens with zero attached hydrogens (tertiary/aromatic N) is 4. The van der Waals surface area contributed by atoms with E-state index in [2.05, 4.69) is 34.0 Å². The third-order valence-corrected chi connectivity index (χ3v) is 12.6. The SMILES string of the molecule is CC(=O)O[C@H](C[C@H](C(C)C)N(C)C(=O)[C@@H](CC(=O)[C@H]1CCCCN1C)C1CSC1)c1nc(C(=O)N[C@@H](Cc2nccs2)CC(C)C)cs1. The van der Waals surface area contributed by atoms with E-state index in [4.69, 9.17) is 4.74 Å². The summed E-state index contributed by atoms with van der Waals surface area (Å²) >= 11 is 4.67. The summed E-state index contributed by atoms with van der Waals surface area (Å²) in [6.45, 7) is 10.6. The van der Waals surface area contributed by atoms with Crippen molar-refractivity contribution in [3.8, 4) is 0 Å². The van der Waals surface area contributed by atoms with Gasteiger partial charge in [0.2, 0.25) is 5.91 Å². The number of carbonyl (C=O) groups excluding carboxylic acids is 4. The normalized spacial score (nSPS) is 19.7. The van der Waals surface area contributed by atoms with Gasteiger partial charge in [0.25, 0.3) is 5.91 Å². The maximum Gasteiger partial charge on any atom is 0.303 e. The molecule has 4 heterocycles. The first kappa shape index (κ1) is 38.5. The van der Waals surface area contributed by atoms with E-state index in [-0.39, 0.29) is 65.6 Å². The Balaban J connectivity index is 1.48. The van der Waals surface area contributed by atoms with Gasteiger partial charge in [-0.25, -0.2) is 9.97 Å². The molecule has 2 fully saturated rings. The second-order valence-electron chi connectivity index (χ2n) is 14.2. The molecule has 5 atom stereocenters. The summed E-state index contributed by atoms with van der Waals surface area (Å²) in [4.78, 5) is 66.4. The van der Waals surface area contributed by atoms with Crippen LogP contribution in [-0.2, 0) is 25.5 Å². The van der Waals surface area contributed by atoms with Gasteiger partial charge in [0.1, 0.15) is 10.7 Å². The summed E-state index contributed by atoms with van der Waals surface area (Å²) in [5.74, 6) is 1.40. The zero-order chi connectivity index (χ0) is 35.0. The number of likely N-dealkylation sites (N-methyl/N-ethyl adjacent to an activating group) is 1. The van der Waals surface area contributed by atoms with E-state index in [0.717, 1.165) is 48.7 Å². The molecule has 0 radical (unpaired) electrons. The number of hydrogen-bond donors (Lipinski definition) is 1. The van der Waals surface area contributed by atoms with Gasteiger partial charge in [-0.3, -0.25) is 24.1 Å². The van der Waals surface area contributed by atoms with Crippen LogP contribution in [0, 0.1) is 23.7 Å². The molecule has 2 aromatic heterocycles. The topological polar surface area (TPSA) is 122 Å². The largest absolute Gasteiger partial charge is 0.455 e. The number of rotatable bonds is 17. The third-order valence-electron chi connectivity index (χ3n) is 9.52. The lowest BCUT2D eigenvalue weighted by atomic mass is 9.84. The van der Waals surface area contributed by atoms with Crippen molar-refractivity contribution in [2.75, 3.05) is 32.1 Å². The van der Waals surface area contributed by atoms with Crippen LogP contribution in [0.1, 0.15) is 99.8 Å². The molecular formula is C35H53N5O5S3. The zero-order valence-corrected chi connectivity index (χ0v) is 31.9. The Kier molecular flexibility index (Phi) is 14.5. The molecule has 1 N–H and O–H groups in total. The molecule has 2 aliphatic rings. The number of thioether (sulfide) groups is 1. The number of thiazole rings is 2. The molecule has 0 saturated carbocycles. The molecule has 0 unspecified atom stereocenters. The van der Waals surface area contributed by atoms with Gasteiger partial charge in [-0.1, -0.05) is 34.1 Å². The molecule has 0 aromatic carbocycles. The highest BCUT2D eigenvalue weighted by Crippen LogP contribution is 2.37. The molecule has 2 amide bonds. The maximum absolute atomic E-state index is 14.2. The van der Waals surface area contributed by atoms with Gasteiger partial charge in [-0.05, 0) is 62.1 Å². The Morgan fingerprint density at radius 1 is 1.10 bits per heavy atom. The van der Waals surface area contributed by atoms with E-state index in [0.29, 0.717) is 23.8 Å². The minimum absolute atomic E-state index is 0.0250. The van der Waals surface area contributed by atoms with Crippen LogP contribution in [0.2, 0.25) is 0 Å². The lowest BCUT2D eigenvalue weighted by Gasteiger charge is -2.40. The maximum atomic E-state index is 14.2. The number of hydrogen-bond acceptors (Lipinski definition) is 11. The first-order valence-electron chi connectivity index (χ1n) is 17.2. The minimum atomic E-state index is -0.728. The van der Waals surface area contributed by atoms with Gasteiger partial charge in [0, 0.05) is 68.2 Å². The fraction of sp³-hybridized carbons (Fsp3) is 0.714. The number of piperidine rings is 1. The predicted octanol–water partition coefficient (Wildman–Crippen LogP) is 5.89. The third kappa shape index (κ3) is 10.6. The van der Waals surface area contributed by atoms with Crippen molar-refractivity contribution in [2.45, 2.75) is 104 Å². The van der Waals surface area contributed by atoms with E-state index in [1.165, 1.54) is 18.3 Å². The number of likely N-dealkylation sites (tertiary alicyclic amines) is 1. The Morgan fingerprint density at radius 2 is 1.85 bits per heavy atom. The number of nitrogens with one attached hydrogen (secondary N) is 1. The number of esters is 1. The smallest absolute Gasteiger partial charge is 0.303 e. The number of Topliss-reactive ketones (excluding diaryl/α,β-unsaturated/α-hetero) is 1. The van der Waals surface area contributed by atoms with E-state index >= 15 is 0 Å². The first-order valence-corrected chi connectivity index (χ1v) is 20.1. The Hall–Kier alpha value is -2.35. The standard InChI is InChI=1S/C35H53N5O5S3/c1-21(2)14-25(15-32-36-11-13-47-32)37-33(43)27-20-48-34(38-27)31(45-23(5)41)17-29(22(3)4)40(7)35(44)26(24-18-46-19-24)16-30(42)28-10-8-9-12-39(28)6/h11,13,20-22,24-26,28-29,31H,8-10,12,14-19H2,1-7H3,(H,37,43)/t25-,26+,28-,29-,31-/m1/s1. The van der Waals surface area contributed by atoms with Gasteiger partial charge < -0.3 is 15.0 Å². The fourth-order valence-electron chi connectivity index (χ4n) is 6.82. The quantitative estimate of drug-likeness (QED) is 0.200. The summed E-state index contributed by atoms with van der Waals surface area (Å²) in [7, 11) is 3.82. The number of ether oxygens (including phenoxy) is 1. The monoisotopic (exact) mass is 719 g/mol. The molecule has 266 valence electrons. The molecule has 13 heteroatoms. The summed E-state index contributed by atoms with van der Waals surface area (Å²) in [5, 5.41) is 8.27. The zero-order valence-electron chi connectivity index (χ0n) is 29.5. The number of amides is 2. The van der Waals surface area contributed by atoms with Gasteiger partial charge in [0.05, 0.1) is 11.0 Å². The van der Waals surface area contributed by atoms with E-state index in [9.17, 15) is 19.2 Å². The molecule has 0 aliphatic carbocycles. The van der Waals surface area contributed by atoms with E-state index in [1.807, 2.05) is 45.1 Å². The highest BCUT2D eigenvalue weighted by Gasteiger charge is 2.41. The summed E-state index contributed by atoms with van der Waals surface area (Å²) < 4.78 is 5.81. The second-order valence-corrected chi connectivity index (χ2v) is 17.1. The van der Waals surface area contributed by atoms with Crippen LogP contribution in [0.3, 0.4) is 0 Å². The second kappa shape index (κ2) is 18.1. The summed E-state index contributed by atoms with van der Waals surface area (Å²) in [6, 6.07) is -0.486. The van der Waals surface area contributed by atoms with Crippen LogP contribution >= 0.6 is 34.4 Å². The van der Waals surface area contributed by atoms with E-state index in [1.54, 1.807) is 27.8 Å². The van der Waals surface area contributed by atoms with Crippen molar-refractivity contribution in [2.24, 2.45) is 23.7 Å². The number of ketones is 1. The Bertz CT molecular complexity index is 1360. The van der Waals surface area contributed by atoms with Crippen LogP contribution in [0.5, 0.6) is 0 Å². The van der Waals surface area contributed by atoms with Crippen LogP contribution in [0.15, 0.2) is 17.0 Å². The predicted molar refractivity (Wildman–Crippen MR) is 193 cm³/mol. The molecule has 2 aromatic rings. The minimum Gasteiger partial charge on any atom is -0.455 e. The number of carbonyl (C=O) groups is 4. The Labute approximate surface area is 298 Å². The molecule has 48 heavy (non-hydrogen) atoms. The Morgan fingerprint density at radius 3 is 2.44 bits per heavy atom. The van der Waals surface area contributed by atoms with E-state index < -0.39 is 12.1 Å². The van der Waals surface area contributed by atoms with Crippen LogP contribution < -0.4 is 5.32 Å². The average Bonchev–Trinajstić information content (AvgIpc) is 3.69. The summed E-state index contributed by atoms with van der Waals surface area (Å²) in [6.07, 6.45) is 6.07. The van der Waals surface area contributed by atoms with Gasteiger partial charge >= 0.3 is 5.97 Å². The van der Waals surface area contributed by atoms with Gasteiger partial charge in [0.15, 0.2) is 11.9 Å². The first-order chi connectivity index (χ1) is 22.8. The number of aromatic nitrogens is 2. The lowest BCUT2D eigenvalue weighted by Crippen LogP contribution is -2.50. The van der Waals surface area contributed by atoms with Gasteiger partial charge in [-0.2, -0.15) is 11.8 Å². The molecule has 10 nitrogen and oxygen atoms in total. The summed E-state index contributed by atoms with van der Waals surface area (Å²) in [5.41, 5.74) is 0.277. The van der Waals surface area contributed by atoms with Crippen molar-refractivity contribution >= 4 is 58.0 Å². The molecule has 4 rings (SSSR count). The highest BCUT2D eigenvalue weighted by atomic mass is 32.2. The fourth-order valence-corrected chi connectivity index (χ4v) is 9.33. The van der Waals surface area contributed by atoms with Gasteiger partial charge in [-0.15, -0.1) is 22.7 Å². The molecule has 0 spiro atoms. The highest BCUT2D eigenvalue weighted by molar-refractivity contribution is 8.00. The van der Waals surface area contributed by atoms with Crippen LogP contribution in [-0.4, -0.2) is 93.6 Å².